The lowest BCUT2D eigenvalue weighted by Crippen LogP contribution is -2.32. The van der Waals surface area contributed by atoms with Crippen LogP contribution in [0.5, 0.6) is 5.75 Å². The van der Waals surface area contributed by atoms with Gasteiger partial charge < -0.3 is 15.2 Å². The quantitative estimate of drug-likeness (QED) is 0.339. The molecule has 1 unspecified atom stereocenters. The van der Waals surface area contributed by atoms with Crippen molar-refractivity contribution in [3.8, 4) is 5.75 Å². The number of nitrogens with zero attached hydrogens (tertiary/aromatic N) is 1. The van der Waals surface area contributed by atoms with Crippen LogP contribution >= 0.6 is 36.2 Å². The van der Waals surface area contributed by atoms with Crippen molar-refractivity contribution < 1.29 is 10.2 Å². The molecule has 3 aromatic rings. The van der Waals surface area contributed by atoms with Gasteiger partial charge >= 0.3 is 4.87 Å². The van der Waals surface area contributed by atoms with Crippen molar-refractivity contribution in [2.45, 2.75) is 51.3 Å². The minimum absolute atomic E-state index is 0. The highest BCUT2D eigenvalue weighted by Crippen LogP contribution is 2.28. The second-order valence-corrected chi connectivity index (χ2v) is 9.38. The maximum Gasteiger partial charge on any atom is 0.305 e. The van der Waals surface area contributed by atoms with Crippen molar-refractivity contribution in [2.75, 3.05) is 19.6 Å². The molecule has 0 spiro atoms. The fourth-order valence-corrected chi connectivity index (χ4v) is 5.21. The molecule has 9 heteroatoms. The van der Waals surface area contributed by atoms with E-state index in [-0.39, 0.29) is 35.4 Å². The summed E-state index contributed by atoms with van der Waals surface area (Å²) >= 11 is 1.06. The van der Waals surface area contributed by atoms with Crippen molar-refractivity contribution in [1.82, 2.24) is 15.2 Å². The fourth-order valence-electron chi connectivity index (χ4n) is 4.33. The molecule has 1 aromatic heterocycles. The van der Waals surface area contributed by atoms with E-state index in [0.717, 1.165) is 29.9 Å². The molecular weight excluding hydrogens is 481 g/mol. The third-order valence-electron chi connectivity index (χ3n) is 5.94. The Kier molecular flexibility index (Phi) is 11.2. The number of nitrogens with one attached hydrogen (secondary N) is 2. The van der Waals surface area contributed by atoms with Gasteiger partial charge in [-0.1, -0.05) is 54.5 Å². The smallest absolute Gasteiger partial charge is 0.305 e. The van der Waals surface area contributed by atoms with Crippen LogP contribution in [-0.2, 0) is 19.4 Å². The van der Waals surface area contributed by atoms with Gasteiger partial charge in [0, 0.05) is 19.5 Å². The number of H-pyrrole nitrogens is 1. The highest BCUT2D eigenvalue weighted by molar-refractivity contribution is 7.16. The first-order chi connectivity index (χ1) is 15.1. The zero-order valence-electron chi connectivity index (χ0n) is 18.6. The van der Waals surface area contributed by atoms with E-state index in [0.29, 0.717) is 23.2 Å². The molecule has 2 heterocycles. The lowest BCUT2D eigenvalue weighted by Gasteiger charge is -2.20. The lowest BCUT2D eigenvalue weighted by atomic mass is 10.1. The Hall–Kier alpha value is -1.61. The molecule has 1 atom stereocenters. The van der Waals surface area contributed by atoms with Crippen molar-refractivity contribution in [1.29, 1.82) is 0 Å². The molecule has 6 nitrogen and oxygen atoms in total. The number of aliphatic hydroxyl groups excluding tert-OH is 1. The van der Waals surface area contributed by atoms with Crippen molar-refractivity contribution in [2.24, 2.45) is 0 Å². The van der Waals surface area contributed by atoms with Gasteiger partial charge in [-0.25, -0.2) is 0 Å². The van der Waals surface area contributed by atoms with Crippen LogP contribution in [0.1, 0.15) is 42.4 Å². The standard InChI is InChI=1S/C24H31N3O3S.2ClH/c28-20-9-8-19(23-22(20)26-24(30)31-23)15-21(29)25-11-10-17-6-5-7-18(14-17)16-27-12-3-1-2-4-13-27;;/h5-9,14,21,25,28-29H,1-4,10-13,15-16H2,(H,26,30);2*1H. The van der Waals surface area contributed by atoms with Crippen molar-refractivity contribution in [3.05, 3.63) is 62.8 Å². The third kappa shape index (κ3) is 7.70. The number of likely N-dealkylation sites (tertiary alicyclic amines) is 1. The predicted octanol–water partition coefficient (Wildman–Crippen LogP) is 4.21. The van der Waals surface area contributed by atoms with E-state index in [2.05, 4.69) is 39.5 Å². The molecular formula is C24H33Cl2N3O3S. The van der Waals surface area contributed by atoms with Gasteiger partial charge in [-0.3, -0.25) is 15.0 Å². The SMILES string of the molecule is Cl.Cl.O=c1[nH]c2c(O)ccc(CC(O)NCCc3cccc(CN4CCCCCC4)c3)c2s1. The molecule has 33 heavy (non-hydrogen) atoms. The van der Waals surface area contributed by atoms with Gasteiger partial charge in [-0.2, -0.15) is 0 Å². The number of rotatable bonds is 8. The number of aromatic nitrogens is 1. The number of hydrogen-bond donors (Lipinski definition) is 4. The highest BCUT2D eigenvalue weighted by atomic mass is 35.5. The summed E-state index contributed by atoms with van der Waals surface area (Å²) in [5, 5.41) is 23.5. The summed E-state index contributed by atoms with van der Waals surface area (Å²) in [4.78, 5) is 16.6. The number of phenolic OH excluding ortho intramolecular Hbond substituents is 1. The molecule has 0 aliphatic carbocycles. The van der Waals surface area contributed by atoms with Crippen LogP contribution in [0.3, 0.4) is 0 Å². The maximum absolute atomic E-state index is 11.6. The van der Waals surface area contributed by atoms with E-state index in [1.54, 1.807) is 12.1 Å². The Bertz CT molecular complexity index is 1060. The number of halogens is 2. The molecule has 0 amide bonds. The molecule has 1 saturated heterocycles. The molecule has 4 N–H and O–H groups in total. The van der Waals surface area contributed by atoms with E-state index < -0.39 is 6.23 Å². The van der Waals surface area contributed by atoms with E-state index in [1.165, 1.54) is 49.9 Å². The fraction of sp³-hybridized carbons (Fsp3) is 0.458. The Balaban J connectivity index is 0.00000193. The zero-order valence-corrected chi connectivity index (χ0v) is 21.0. The minimum atomic E-state index is -0.717. The van der Waals surface area contributed by atoms with E-state index in [9.17, 15) is 15.0 Å². The van der Waals surface area contributed by atoms with Gasteiger partial charge in [-0.15, -0.1) is 24.8 Å². The number of phenols is 1. The Morgan fingerprint density at radius 3 is 2.55 bits per heavy atom. The van der Waals surface area contributed by atoms with Crippen LogP contribution in [0.25, 0.3) is 10.2 Å². The summed E-state index contributed by atoms with van der Waals surface area (Å²) in [5.41, 5.74) is 3.91. The summed E-state index contributed by atoms with van der Waals surface area (Å²) in [6, 6.07) is 12.1. The monoisotopic (exact) mass is 513 g/mol. The summed E-state index contributed by atoms with van der Waals surface area (Å²) in [6.45, 7) is 4.07. The molecule has 0 saturated carbocycles. The number of aromatic amines is 1. The predicted molar refractivity (Wildman–Crippen MR) is 140 cm³/mol. The molecule has 4 rings (SSSR count). The molecule has 1 aliphatic heterocycles. The third-order valence-corrected chi connectivity index (χ3v) is 6.90. The Morgan fingerprint density at radius 2 is 1.79 bits per heavy atom. The van der Waals surface area contributed by atoms with Crippen molar-refractivity contribution in [3.63, 3.8) is 0 Å². The number of aromatic hydroxyl groups is 1. The maximum atomic E-state index is 11.6. The van der Waals surface area contributed by atoms with Crippen LogP contribution in [0, 0.1) is 0 Å². The molecule has 2 aromatic carbocycles. The minimum Gasteiger partial charge on any atom is -0.506 e. The normalized spacial score (nSPS) is 15.4. The summed E-state index contributed by atoms with van der Waals surface area (Å²) < 4.78 is 0.701. The number of aliphatic hydroxyl groups is 1. The molecule has 1 fully saturated rings. The lowest BCUT2D eigenvalue weighted by molar-refractivity contribution is 0.138. The molecule has 0 bridgehead atoms. The second kappa shape index (κ2) is 13.3. The average molecular weight is 515 g/mol. The highest BCUT2D eigenvalue weighted by Gasteiger charge is 2.13. The number of hydrogen-bond acceptors (Lipinski definition) is 6. The van der Waals surface area contributed by atoms with Crippen LogP contribution in [0.15, 0.2) is 41.2 Å². The summed E-state index contributed by atoms with van der Waals surface area (Å²) in [5.74, 6) is 0.0552. The van der Waals surface area contributed by atoms with Crippen LogP contribution in [0.2, 0.25) is 0 Å². The van der Waals surface area contributed by atoms with Crippen molar-refractivity contribution >= 4 is 46.4 Å². The molecule has 0 radical (unpaired) electrons. The van der Waals surface area contributed by atoms with Gasteiger partial charge in [0.1, 0.15) is 17.5 Å². The first-order valence-corrected chi connectivity index (χ1v) is 12.0. The van der Waals surface area contributed by atoms with Gasteiger partial charge in [0.25, 0.3) is 0 Å². The first kappa shape index (κ1) is 27.6. The number of fused-ring (bicyclic) bond motifs is 1. The van der Waals surface area contributed by atoms with Crippen LogP contribution < -0.4 is 10.2 Å². The van der Waals surface area contributed by atoms with Gasteiger partial charge in [-0.05, 0) is 55.1 Å². The second-order valence-electron chi connectivity index (χ2n) is 8.40. The number of benzene rings is 2. The zero-order chi connectivity index (χ0) is 21.6. The largest absolute Gasteiger partial charge is 0.506 e. The van der Waals surface area contributed by atoms with Gasteiger partial charge in [0.05, 0.1) is 4.70 Å². The van der Waals surface area contributed by atoms with Crippen LogP contribution in [0.4, 0.5) is 0 Å². The molecule has 1 aliphatic rings. The topological polar surface area (TPSA) is 88.6 Å². The average Bonchev–Trinajstić information content (AvgIpc) is 2.97. The van der Waals surface area contributed by atoms with E-state index in [1.807, 2.05) is 0 Å². The molecule has 182 valence electrons. The summed E-state index contributed by atoms with van der Waals surface area (Å²) in [7, 11) is 0. The first-order valence-electron chi connectivity index (χ1n) is 11.1. The van der Waals surface area contributed by atoms with E-state index in [4.69, 9.17) is 0 Å². The summed E-state index contributed by atoms with van der Waals surface area (Å²) in [6.07, 6.45) is 5.80. The van der Waals surface area contributed by atoms with Gasteiger partial charge in [0.2, 0.25) is 0 Å². The van der Waals surface area contributed by atoms with Gasteiger partial charge in [0.15, 0.2) is 0 Å². The van der Waals surface area contributed by atoms with Crippen LogP contribution in [-0.4, -0.2) is 46.0 Å². The van der Waals surface area contributed by atoms with E-state index >= 15 is 0 Å². The Morgan fingerprint density at radius 1 is 1.06 bits per heavy atom. The Labute approximate surface area is 210 Å². The number of thiazole rings is 1.